The third-order valence-electron chi connectivity index (χ3n) is 14.8. The number of benzene rings is 4. The van der Waals surface area contributed by atoms with Crippen LogP contribution in [0.1, 0.15) is 278 Å². The molecule has 0 aromatic heterocycles. The molecule has 0 radical (unpaired) electrons. The number of hydrogen-bond donors (Lipinski definition) is 0. The first-order chi connectivity index (χ1) is 35.1. The normalized spacial score (nSPS) is 11.6. The predicted octanol–water partition coefficient (Wildman–Crippen LogP) is 21.7. The fraction of sp³-hybridized carbons (Fsp3) is 0.727. The Balaban J connectivity index is 1.88. The monoisotopic (exact) mass is 981 g/mol. The van der Waals surface area contributed by atoms with E-state index in [1.165, 1.54) is 237 Å². The average molecular weight is 982 g/mol. The fourth-order valence-electron chi connectivity index (χ4n) is 10.3. The molecule has 0 aliphatic carbocycles. The molecule has 0 bridgehead atoms. The molecule has 0 fully saturated rings. The zero-order chi connectivity index (χ0) is 50.4. The van der Waals surface area contributed by atoms with Gasteiger partial charge in [0.2, 0.25) is 0 Å². The van der Waals surface area contributed by atoms with Crippen LogP contribution in [0.4, 0.5) is 0 Å². The van der Waals surface area contributed by atoms with E-state index in [0.717, 1.165) is 73.9 Å². The summed E-state index contributed by atoms with van der Waals surface area (Å²) >= 11 is 0. The first kappa shape index (κ1) is 60.2. The van der Waals surface area contributed by atoms with E-state index in [1.807, 2.05) is 0 Å². The van der Waals surface area contributed by atoms with Crippen LogP contribution in [0.3, 0.4) is 0 Å². The molecule has 4 aromatic rings. The maximum atomic E-state index is 6.91. The van der Waals surface area contributed by atoms with Crippen LogP contribution in [0.2, 0.25) is 0 Å². The molecule has 5 heteroatoms. The molecule has 0 saturated heterocycles. The number of rotatable bonds is 47. The Morgan fingerprint density at radius 3 is 0.676 bits per heavy atom. The minimum absolute atomic E-state index is 0.692. The van der Waals surface area contributed by atoms with E-state index in [2.05, 4.69) is 77.9 Å². The molecule has 0 unspecified atom stereocenters. The fourth-order valence-corrected chi connectivity index (χ4v) is 10.3. The molecule has 402 valence electrons. The number of fused-ring (bicyclic) bond motifs is 6. The lowest BCUT2D eigenvalue weighted by Gasteiger charge is -2.21. The van der Waals surface area contributed by atoms with Gasteiger partial charge in [-0.3, -0.25) is 0 Å². The van der Waals surface area contributed by atoms with Gasteiger partial charge in [0.05, 0.1) is 33.0 Å². The molecule has 0 spiro atoms. The minimum Gasteiger partial charge on any atom is -0.493 e. The van der Waals surface area contributed by atoms with Crippen molar-refractivity contribution in [3.05, 3.63) is 42.0 Å². The molecule has 0 atom stereocenters. The van der Waals surface area contributed by atoms with Crippen LogP contribution < -0.4 is 23.7 Å². The lowest BCUT2D eigenvalue weighted by Crippen LogP contribution is -2.05. The zero-order valence-electron chi connectivity index (χ0n) is 47.2. The van der Waals surface area contributed by atoms with Gasteiger partial charge in [0.15, 0.2) is 23.0 Å². The van der Waals surface area contributed by atoms with E-state index in [-0.39, 0.29) is 0 Å². The summed E-state index contributed by atoms with van der Waals surface area (Å²) in [5.41, 5.74) is 1.33. The standard InChI is InChI=1S/C66H108O5/c1-7-13-19-25-31-37-43-55-49-56-57(50-62(55)67-44-38-32-26-20-14-8-2)59-52-64(69-46-40-34-28-22-16-10-4)66(71-48-42-36-30-24-18-12-6)54-61(59)60-53-65(70-47-41-35-29-23-17-11-5)63(51-58(56)60)68-45-39-33-27-21-15-9-3/h49-54H,7-48H2,1-6H3. The first-order valence-corrected chi connectivity index (χ1v) is 30.8. The van der Waals surface area contributed by atoms with Crippen molar-refractivity contribution in [3.8, 4) is 28.7 Å². The Labute approximate surface area is 437 Å². The van der Waals surface area contributed by atoms with Gasteiger partial charge in [0, 0.05) is 0 Å². The third-order valence-corrected chi connectivity index (χ3v) is 14.8. The lowest BCUT2D eigenvalue weighted by atomic mass is 9.91. The molecule has 71 heavy (non-hydrogen) atoms. The molecule has 0 amide bonds. The smallest absolute Gasteiger partial charge is 0.161 e. The maximum absolute atomic E-state index is 6.91. The van der Waals surface area contributed by atoms with Crippen molar-refractivity contribution in [1.82, 2.24) is 0 Å². The van der Waals surface area contributed by atoms with Gasteiger partial charge < -0.3 is 23.7 Å². The largest absolute Gasteiger partial charge is 0.493 e. The van der Waals surface area contributed by atoms with E-state index in [0.29, 0.717) is 26.4 Å². The van der Waals surface area contributed by atoms with Crippen molar-refractivity contribution in [2.45, 2.75) is 279 Å². The van der Waals surface area contributed by atoms with Crippen LogP contribution in [0.15, 0.2) is 36.4 Å². The van der Waals surface area contributed by atoms with Crippen LogP contribution >= 0.6 is 0 Å². The van der Waals surface area contributed by atoms with Crippen LogP contribution in [0.25, 0.3) is 32.3 Å². The van der Waals surface area contributed by atoms with Crippen LogP contribution in [-0.4, -0.2) is 33.0 Å². The van der Waals surface area contributed by atoms with Crippen molar-refractivity contribution in [1.29, 1.82) is 0 Å². The molecule has 0 N–H and O–H groups in total. The summed E-state index contributed by atoms with van der Waals surface area (Å²) in [5, 5.41) is 7.24. The Morgan fingerprint density at radius 2 is 0.408 bits per heavy atom. The second kappa shape index (κ2) is 39.2. The van der Waals surface area contributed by atoms with Crippen molar-refractivity contribution >= 4 is 32.3 Å². The first-order valence-electron chi connectivity index (χ1n) is 30.8. The van der Waals surface area contributed by atoms with Crippen LogP contribution in [0, 0.1) is 0 Å². The number of aryl methyl sites for hydroxylation is 1. The van der Waals surface area contributed by atoms with Gasteiger partial charge in [-0.1, -0.05) is 234 Å². The van der Waals surface area contributed by atoms with Crippen LogP contribution in [-0.2, 0) is 6.42 Å². The molecule has 0 aliphatic rings. The Morgan fingerprint density at radius 1 is 0.211 bits per heavy atom. The second-order valence-corrected chi connectivity index (χ2v) is 21.3. The molecular weight excluding hydrogens is 873 g/mol. The van der Waals surface area contributed by atoms with Gasteiger partial charge in [-0.2, -0.15) is 0 Å². The summed E-state index contributed by atoms with van der Waals surface area (Å²) in [7, 11) is 0. The maximum Gasteiger partial charge on any atom is 0.161 e. The Kier molecular flexibility index (Phi) is 33.2. The van der Waals surface area contributed by atoms with Crippen molar-refractivity contribution in [2.75, 3.05) is 33.0 Å². The van der Waals surface area contributed by atoms with Gasteiger partial charge in [-0.15, -0.1) is 0 Å². The molecular formula is C66H108O5. The topological polar surface area (TPSA) is 46.2 Å². The number of ether oxygens (including phenoxy) is 5. The third kappa shape index (κ3) is 23.2. The van der Waals surface area contributed by atoms with Gasteiger partial charge >= 0.3 is 0 Å². The van der Waals surface area contributed by atoms with E-state index < -0.39 is 0 Å². The SMILES string of the molecule is CCCCCCCCOc1cc2c(cc1CCCCCCCC)c1cc(OCCCCCCCC)c(OCCCCCCCC)cc1c1cc(OCCCCCCCC)c(OCCCCCCCC)cc21. The van der Waals surface area contributed by atoms with E-state index in [4.69, 9.17) is 23.7 Å². The molecule has 0 heterocycles. The van der Waals surface area contributed by atoms with E-state index >= 15 is 0 Å². The summed E-state index contributed by atoms with van der Waals surface area (Å²) in [5.74, 6) is 4.51. The molecule has 4 aromatic carbocycles. The Hall–Kier alpha value is -3.34. The van der Waals surface area contributed by atoms with Gasteiger partial charge in [-0.05, 0) is 119 Å². The molecule has 0 saturated carbocycles. The summed E-state index contributed by atoms with van der Waals surface area (Å²) < 4.78 is 34.2. The van der Waals surface area contributed by atoms with Gasteiger partial charge in [0.1, 0.15) is 5.75 Å². The Bertz CT molecular complexity index is 1900. The minimum atomic E-state index is 0.692. The molecule has 4 rings (SSSR count). The van der Waals surface area contributed by atoms with Gasteiger partial charge in [0.25, 0.3) is 0 Å². The highest BCUT2D eigenvalue weighted by atomic mass is 16.5. The highest BCUT2D eigenvalue weighted by molar-refractivity contribution is 6.26. The predicted molar refractivity (Wildman–Crippen MR) is 310 cm³/mol. The van der Waals surface area contributed by atoms with Gasteiger partial charge in [-0.25, -0.2) is 0 Å². The summed E-state index contributed by atoms with van der Waals surface area (Å²) in [4.78, 5) is 0. The van der Waals surface area contributed by atoms with E-state index in [1.54, 1.807) is 0 Å². The molecule has 0 aliphatic heterocycles. The number of hydrogen-bond acceptors (Lipinski definition) is 5. The number of unbranched alkanes of at least 4 members (excludes halogenated alkanes) is 30. The van der Waals surface area contributed by atoms with Crippen molar-refractivity contribution in [2.24, 2.45) is 0 Å². The molecule has 5 nitrogen and oxygen atoms in total. The summed E-state index contributed by atoms with van der Waals surface area (Å²) in [6.45, 7) is 17.3. The second-order valence-electron chi connectivity index (χ2n) is 21.3. The zero-order valence-corrected chi connectivity index (χ0v) is 47.2. The lowest BCUT2D eigenvalue weighted by molar-refractivity contribution is 0.259. The quantitative estimate of drug-likeness (QED) is 0.0326. The van der Waals surface area contributed by atoms with Crippen molar-refractivity contribution in [3.63, 3.8) is 0 Å². The van der Waals surface area contributed by atoms with E-state index in [9.17, 15) is 0 Å². The summed E-state index contributed by atoms with van der Waals surface area (Å²) in [6.07, 6.45) is 45.8. The highest BCUT2D eigenvalue weighted by Crippen LogP contribution is 2.46. The van der Waals surface area contributed by atoms with Crippen molar-refractivity contribution < 1.29 is 23.7 Å². The average Bonchev–Trinajstić information content (AvgIpc) is 3.38. The van der Waals surface area contributed by atoms with Crippen LogP contribution in [0.5, 0.6) is 28.7 Å². The summed E-state index contributed by atoms with van der Waals surface area (Å²) in [6, 6.07) is 14.2. The highest BCUT2D eigenvalue weighted by Gasteiger charge is 2.20.